The second kappa shape index (κ2) is 9.36. The van der Waals surface area contributed by atoms with Gasteiger partial charge in [0.1, 0.15) is 0 Å². The number of nitrogens with one attached hydrogen (secondary N) is 1. The van der Waals surface area contributed by atoms with Crippen LogP contribution in [0.25, 0.3) is 0 Å². The minimum absolute atomic E-state index is 0.00157. The Kier molecular flexibility index (Phi) is 8.45. The summed E-state index contributed by atoms with van der Waals surface area (Å²) >= 11 is 0. The van der Waals surface area contributed by atoms with E-state index in [1.807, 2.05) is 27.7 Å². The zero-order chi connectivity index (χ0) is 18.4. The minimum Gasteiger partial charge on any atom is -0.303 e. The largest absolute Gasteiger partial charge is 0.303 e. The van der Waals surface area contributed by atoms with Crippen LogP contribution >= 0.6 is 0 Å². The van der Waals surface area contributed by atoms with Crippen molar-refractivity contribution in [3.63, 3.8) is 0 Å². The fourth-order valence-electron chi connectivity index (χ4n) is 4.26. The van der Waals surface area contributed by atoms with Crippen LogP contribution in [0.4, 0.5) is 0 Å². The first-order valence-corrected chi connectivity index (χ1v) is 10.4. The summed E-state index contributed by atoms with van der Waals surface area (Å²) in [6.07, 6.45) is 13.2. The Morgan fingerprint density at radius 1 is 0.875 bits per heavy atom. The number of ketones is 1. The summed E-state index contributed by atoms with van der Waals surface area (Å²) in [5.41, 5.74) is -0.249. The first kappa shape index (κ1) is 21.7. The SMILES string of the molecule is C1CCC2CCCCC2C1.CCC(NC(C)(C)C)C(=O)C(C)(C)C. The second-order valence-electron chi connectivity index (χ2n) is 10.1. The van der Waals surface area contributed by atoms with Gasteiger partial charge in [-0.05, 0) is 39.0 Å². The standard InChI is InChI=1S/C12H25NO.C10H18/c1-8-9(13-12(5,6)7)10(14)11(2,3)4;1-2-6-10-8-4-3-7-9(10)5-1/h9,13H,8H2,1-7H3;9-10H,1-8H2. The molecular formula is C22H43NO. The summed E-state index contributed by atoms with van der Waals surface area (Å²) in [6, 6.07) is -0.0185. The number of carbonyl (C=O) groups is 1. The molecule has 0 aromatic rings. The van der Waals surface area contributed by atoms with Gasteiger partial charge in [0, 0.05) is 11.0 Å². The monoisotopic (exact) mass is 337 g/mol. The third-order valence-corrected chi connectivity index (χ3v) is 5.54. The van der Waals surface area contributed by atoms with Gasteiger partial charge in [0.15, 0.2) is 5.78 Å². The molecule has 2 aliphatic rings. The summed E-state index contributed by atoms with van der Waals surface area (Å²) in [4.78, 5) is 12.0. The van der Waals surface area contributed by atoms with Crippen LogP contribution in [0.3, 0.4) is 0 Å². The third-order valence-electron chi connectivity index (χ3n) is 5.54. The highest BCUT2D eigenvalue weighted by Gasteiger charge is 2.30. The van der Waals surface area contributed by atoms with Crippen molar-refractivity contribution < 1.29 is 4.79 Å². The van der Waals surface area contributed by atoms with E-state index in [1.54, 1.807) is 25.7 Å². The number of hydrogen-bond donors (Lipinski definition) is 1. The zero-order valence-corrected chi connectivity index (χ0v) is 17.5. The lowest BCUT2D eigenvalue weighted by molar-refractivity contribution is -0.129. The number of Topliss-reactive ketones (excluding diaryl/α,β-unsaturated/α-hetero) is 1. The van der Waals surface area contributed by atoms with Crippen LogP contribution in [0.5, 0.6) is 0 Å². The molecule has 24 heavy (non-hydrogen) atoms. The molecule has 0 aliphatic heterocycles. The van der Waals surface area contributed by atoms with Gasteiger partial charge in [-0.1, -0.05) is 79.1 Å². The van der Waals surface area contributed by atoms with Crippen molar-refractivity contribution in [1.82, 2.24) is 5.32 Å². The molecule has 1 unspecified atom stereocenters. The minimum atomic E-state index is -0.251. The van der Waals surface area contributed by atoms with Gasteiger partial charge in [-0.2, -0.15) is 0 Å². The van der Waals surface area contributed by atoms with Crippen molar-refractivity contribution in [2.75, 3.05) is 0 Å². The molecule has 2 heteroatoms. The molecule has 0 saturated heterocycles. The molecule has 0 radical (unpaired) electrons. The quantitative estimate of drug-likeness (QED) is 0.670. The van der Waals surface area contributed by atoms with E-state index in [2.05, 4.69) is 26.1 Å². The van der Waals surface area contributed by atoms with Crippen molar-refractivity contribution in [2.45, 2.75) is 118 Å². The van der Waals surface area contributed by atoms with Crippen molar-refractivity contribution in [2.24, 2.45) is 17.3 Å². The first-order chi connectivity index (χ1) is 11.0. The highest BCUT2D eigenvalue weighted by Crippen LogP contribution is 2.40. The van der Waals surface area contributed by atoms with Crippen molar-refractivity contribution in [3.8, 4) is 0 Å². The molecule has 1 atom stereocenters. The van der Waals surface area contributed by atoms with E-state index < -0.39 is 0 Å². The molecule has 142 valence electrons. The van der Waals surface area contributed by atoms with Crippen LogP contribution in [0.2, 0.25) is 0 Å². The molecule has 0 bridgehead atoms. The van der Waals surface area contributed by atoms with Crippen LogP contribution in [0, 0.1) is 17.3 Å². The Morgan fingerprint density at radius 2 is 1.25 bits per heavy atom. The van der Waals surface area contributed by atoms with Gasteiger partial charge in [-0.25, -0.2) is 0 Å². The molecule has 0 amide bonds. The van der Waals surface area contributed by atoms with Gasteiger partial charge in [0.2, 0.25) is 0 Å². The Labute approximate surface area is 151 Å². The van der Waals surface area contributed by atoms with Gasteiger partial charge in [0.05, 0.1) is 6.04 Å². The van der Waals surface area contributed by atoms with E-state index in [4.69, 9.17) is 0 Å². The summed E-state index contributed by atoms with van der Waals surface area (Å²) in [5, 5.41) is 3.36. The maximum Gasteiger partial charge on any atom is 0.155 e. The molecule has 0 aromatic carbocycles. The van der Waals surface area contributed by atoms with Gasteiger partial charge in [-0.15, -0.1) is 0 Å². The van der Waals surface area contributed by atoms with Crippen LogP contribution < -0.4 is 5.32 Å². The number of rotatable bonds is 3. The van der Waals surface area contributed by atoms with Crippen LogP contribution in [-0.2, 0) is 4.79 Å². The van der Waals surface area contributed by atoms with Crippen molar-refractivity contribution >= 4 is 5.78 Å². The third kappa shape index (κ3) is 7.68. The maximum absolute atomic E-state index is 12.0. The Bertz CT molecular complexity index is 348. The molecule has 2 saturated carbocycles. The van der Waals surface area contributed by atoms with E-state index in [0.29, 0.717) is 5.78 Å². The van der Waals surface area contributed by atoms with E-state index in [1.165, 1.54) is 25.7 Å². The lowest BCUT2D eigenvalue weighted by Crippen LogP contribution is -2.50. The van der Waals surface area contributed by atoms with E-state index in [0.717, 1.165) is 18.3 Å². The highest BCUT2D eigenvalue weighted by molar-refractivity contribution is 5.88. The molecule has 0 aromatic heterocycles. The maximum atomic E-state index is 12.0. The smallest absolute Gasteiger partial charge is 0.155 e. The lowest BCUT2D eigenvalue weighted by atomic mass is 9.71. The summed E-state index contributed by atoms with van der Waals surface area (Å²) in [6.45, 7) is 14.2. The van der Waals surface area contributed by atoms with Crippen LogP contribution in [0.1, 0.15) is 106 Å². The average Bonchev–Trinajstić information content (AvgIpc) is 2.51. The molecular weight excluding hydrogens is 294 g/mol. The fourth-order valence-corrected chi connectivity index (χ4v) is 4.26. The van der Waals surface area contributed by atoms with Crippen molar-refractivity contribution in [1.29, 1.82) is 0 Å². The van der Waals surface area contributed by atoms with Crippen molar-refractivity contribution in [3.05, 3.63) is 0 Å². The second-order valence-corrected chi connectivity index (χ2v) is 10.1. The van der Waals surface area contributed by atoms with Gasteiger partial charge < -0.3 is 5.32 Å². The molecule has 2 aliphatic carbocycles. The Balaban J connectivity index is 0.000000250. The molecule has 2 rings (SSSR count). The normalized spacial score (nSPS) is 26.0. The summed E-state index contributed by atoms with van der Waals surface area (Å²) < 4.78 is 0. The fraction of sp³-hybridized carbons (Fsp3) is 0.955. The molecule has 1 N–H and O–H groups in total. The predicted molar refractivity (Wildman–Crippen MR) is 105 cm³/mol. The Morgan fingerprint density at radius 3 is 1.50 bits per heavy atom. The summed E-state index contributed by atoms with van der Waals surface area (Å²) in [5.74, 6) is 2.61. The zero-order valence-electron chi connectivity index (χ0n) is 17.5. The van der Waals surface area contributed by atoms with E-state index >= 15 is 0 Å². The summed E-state index contributed by atoms with van der Waals surface area (Å²) in [7, 11) is 0. The predicted octanol–water partition coefficient (Wildman–Crippen LogP) is 6.14. The van der Waals surface area contributed by atoms with E-state index in [9.17, 15) is 4.79 Å². The molecule has 0 spiro atoms. The van der Waals surface area contributed by atoms with E-state index in [-0.39, 0.29) is 17.0 Å². The number of carbonyl (C=O) groups excluding carboxylic acids is 1. The molecule has 2 nitrogen and oxygen atoms in total. The number of hydrogen-bond acceptors (Lipinski definition) is 2. The number of fused-ring (bicyclic) bond motifs is 1. The highest BCUT2D eigenvalue weighted by atomic mass is 16.1. The average molecular weight is 338 g/mol. The molecule has 2 fully saturated rings. The van der Waals surface area contributed by atoms with Gasteiger partial charge >= 0.3 is 0 Å². The van der Waals surface area contributed by atoms with Crippen LogP contribution in [0.15, 0.2) is 0 Å². The molecule has 0 heterocycles. The lowest BCUT2D eigenvalue weighted by Gasteiger charge is -2.35. The topological polar surface area (TPSA) is 29.1 Å². The van der Waals surface area contributed by atoms with Gasteiger partial charge in [-0.3, -0.25) is 4.79 Å². The Hall–Kier alpha value is -0.370. The first-order valence-electron chi connectivity index (χ1n) is 10.4. The van der Waals surface area contributed by atoms with Gasteiger partial charge in [0.25, 0.3) is 0 Å². The van der Waals surface area contributed by atoms with Crippen LogP contribution in [-0.4, -0.2) is 17.4 Å².